The van der Waals surface area contributed by atoms with Crippen LogP contribution in [0.15, 0.2) is 12.2 Å². The Morgan fingerprint density at radius 3 is 2.80 bits per heavy atom. The Kier molecular flexibility index (Phi) is 5.30. The summed E-state index contributed by atoms with van der Waals surface area (Å²) in [6.45, 7) is 2.03. The van der Waals surface area contributed by atoms with Gasteiger partial charge < -0.3 is 4.74 Å². The van der Waals surface area contributed by atoms with Gasteiger partial charge in [0.15, 0.2) is 0 Å². The van der Waals surface area contributed by atoms with Crippen molar-refractivity contribution < 1.29 is 9.53 Å². The largest absolute Gasteiger partial charge is 0.466 e. The molecule has 0 aromatic carbocycles. The summed E-state index contributed by atoms with van der Waals surface area (Å²) in [5.41, 5.74) is 0. The fraction of sp³-hybridized carbons (Fsp3) is 0.571. The topological polar surface area (TPSA) is 26.3 Å². The molecule has 0 heterocycles. The molecule has 0 saturated heterocycles. The fourth-order valence-corrected chi connectivity index (χ4v) is 0.540. The van der Waals surface area contributed by atoms with E-state index in [2.05, 4.69) is 20.7 Å². The summed E-state index contributed by atoms with van der Waals surface area (Å²) in [5.74, 6) is -0.307. The van der Waals surface area contributed by atoms with Gasteiger partial charge in [-0.3, -0.25) is 0 Å². The molecule has 58 valence electrons. The summed E-state index contributed by atoms with van der Waals surface area (Å²) < 4.78 is 4.40. The molecule has 10 heavy (non-hydrogen) atoms. The molecule has 0 aliphatic heterocycles. The van der Waals surface area contributed by atoms with Gasteiger partial charge in [0.05, 0.1) is 7.11 Å². The summed E-state index contributed by atoms with van der Waals surface area (Å²) in [5, 5.41) is 0. The predicted octanol–water partition coefficient (Wildman–Crippen LogP) is 1.89. The first-order chi connectivity index (χ1) is 4.70. The van der Waals surface area contributed by atoms with Gasteiger partial charge in [-0.2, -0.15) is 0 Å². The van der Waals surface area contributed by atoms with Crippen LogP contribution in [0.5, 0.6) is 0 Å². The lowest BCUT2D eigenvalue weighted by molar-refractivity contribution is -0.134. The van der Waals surface area contributed by atoms with E-state index in [1.165, 1.54) is 13.2 Å². The van der Waals surface area contributed by atoms with Crippen LogP contribution in [0.2, 0.25) is 0 Å². The molecule has 0 aromatic rings. The number of alkyl halides is 1. The average molecular weight is 207 g/mol. The molecule has 1 unspecified atom stereocenters. The Morgan fingerprint density at radius 1 is 1.80 bits per heavy atom. The zero-order valence-electron chi connectivity index (χ0n) is 6.13. The molecule has 0 rings (SSSR count). The second kappa shape index (κ2) is 5.47. The highest BCUT2D eigenvalue weighted by atomic mass is 79.9. The maximum atomic E-state index is 10.5. The number of ether oxygens (including phenoxy) is 1. The Balaban J connectivity index is 3.63. The van der Waals surface area contributed by atoms with E-state index < -0.39 is 0 Å². The third kappa shape index (κ3) is 4.56. The van der Waals surface area contributed by atoms with Crippen LogP contribution in [0.3, 0.4) is 0 Å². The molecule has 0 radical (unpaired) electrons. The summed E-state index contributed by atoms with van der Waals surface area (Å²) >= 11 is 3.34. The molecule has 0 amide bonds. The minimum absolute atomic E-state index is 0.270. The van der Waals surface area contributed by atoms with Gasteiger partial charge >= 0.3 is 5.97 Å². The third-order valence-corrected chi connectivity index (χ3v) is 1.99. The van der Waals surface area contributed by atoms with Crippen molar-refractivity contribution in [2.75, 3.05) is 7.11 Å². The van der Waals surface area contributed by atoms with Gasteiger partial charge in [0.1, 0.15) is 0 Å². The van der Waals surface area contributed by atoms with Crippen LogP contribution in [0.4, 0.5) is 0 Å². The number of esters is 1. The molecule has 3 heteroatoms. The molecule has 0 saturated carbocycles. The molecule has 0 fully saturated rings. The number of hydrogen-bond donors (Lipinski definition) is 0. The highest BCUT2D eigenvalue weighted by Gasteiger charge is 1.95. The number of allylic oxidation sites excluding steroid dienone is 1. The summed E-state index contributed by atoms with van der Waals surface area (Å²) in [7, 11) is 1.36. The lowest BCUT2D eigenvalue weighted by Crippen LogP contribution is -1.96. The van der Waals surface area contributed by atoms with Crippen molar-refractivity contribution in [3.63, 3.8) is 0 Å². The normalized spacial score (nSPS) is 13.5. The SMILES string of the molecule is CCC(Br)/C=C/C(=O)OC. The number of halogens is 1. The number of carbonyl (C=O) groups excluding carboxylic acids is 1. The van der Waals surface area contributed by atoms with Crippen molar-refractivity contribution in [1.82, 2.24) is 0 Å². The molecule has 0 aromatic heterocycles. The van der Waals surface area contributed by atoms with E-state index in [-0.39, 0.29) is 10.8 Å². The van der Waals surface area contributed by atoms with Gasteiger partial charge in [-0.05, 0) is 6.42 Å². The first kappa shape index (κ1) is 9.69. The molecule has 2 nitrogen and oxygen atoms in total. The fourth-order valence-electron chi connectivity index (χ4n) is 0.387. The Morgan fingerprint density at radius 2 is 2.40 bits per heavy atom. The van der Waals surface area contributed by atoms with E-state index in [1.54, 1.807) is 6.08 Å². The van der Waals surface area contributed by atoms with Gasteiger partial charge in [-0.25, -0.2) is 4.79 Å². The van der Waals surface area contributed by atoms with Gasteiger partial charge in [0.25, 0.3) is 0 Å². The van der Waals surface area contributed by atoms with Crippen LogP contribution in [-0.2, 0) is 9.53 Å². The van der Waals surface area contributed by atoms with E-state index >= 15 is 0 Å². The number of carbonyl (C=O) groups is 1. The minimum Gasteiger partial charge on any atom is -0.466 e. The zero-order valence-corrected chi connectivity index (χ0v) is 7.72. The highest BCUT2D eigenvalue weighted by molar-refractivity contribution is 9.09. The van der Waals surface area contributed by atoms with Gasteiger partial charge in [-0.1, -0.05) is 28.9 Å². The van der Waals surface area contributed by atoms with Crippen LogP contribution in [0, 0.1) is 0 Å². The number of hydrogen-bond acceptors (Lipinski definition) is 2. The third-order valence-electron chi connectivity index (χ3n) is 1.03. The molecule has 0 aliphatic rings. The van der Waals surface area contributed by atoms with Crippen LogP contribution in [0.1, 0.15) is 13.3 Å². The van der Waals surface area contributed by atoms with Gasteiger partial charge in [0.2, 0.25) is 0 Å². The molecule has 0 aliphatic carbocycles. The standard InChI is InChI=1S/C7H11BrO2/c1-3-6(8)4-5-7(9)10-2/h4-6H,3H2,1-2H3/b5-4+. The van der Waals surface area contributed by atoms with E-state index in [0.717, 1.165) is 6.42 Å². The molecule has 0 bridgehead atoms. The van der Waals surface area contributed by atoms with Crippen molar-refractivity contribution in [2.24, 2.45) is 0 Å². The maximum Gasteiger partial charge on any atom is 0.330 e. The second-order valence-corrected chi connectivity index (χ2v) is 2.98. The molecular formula is C7H11BrO2. The van der Waals surface area contributed by atoms with Crippen LogP contribution >= 0.6 is 15.9 Å². The zero-order chi connectivity index (χ0) is 7.98. The maximum absolute atomic E-state index is 10.5. The van der Waals surface area contributed by atoms with Gasteiger partial charge in [0, 0.05) is 10.9 Å². The summed E-state index contributed by atoms with van der Waals surface area (Å²) in [6.07, 6.45) is 4.16. The molecular weight excluding hydrogens is 196 g/mol. The minimum atomic E-state index is -0.307. The average Bonchev–Trinajstić information content (AvgIpc) is 1.99. The predicted molar refractivity (Wildman–Crippen MR) is 44.2 cm³/mol. The first-order valence-corrected chi connectivity index (χ1v) is 4.02. The van der Waals surface area contributed by atoms with E-state index in [0.29, 0.717) is 0 Å². The van der Waals surface area contributed by atoms with Gasteiger partial charge in [-0.15, -0.1) is 0 Å². The van der Waals surface area contributed by atoms with Crippen LogP contribution in [0.25, 0.3) is 0 Å². The quantitative estimate of drug-likeness (QED) is 0.401. The molecule has 1 atom stereocenters. The Bertz CT molecular complexity index is 132. The van der Waals surface area contributed by atoms with E-state index in [9.17, 15) is 4.79 Å². The number of methoxy groups -OCH3 is 1. The monoisotopic (exact) mass is 206 g/mol. The Hall–Kier alpha value is -0.310. The highest BCUT2D eigenvalue weighted by Crippen LogP contribution is 2.04. The van der Waals surface area contributed by atoms with Crippen LogP contribution in [-0.4, -0.2) is 17.9 Å². The van der Waals surface area contributed by atoms with Crippen molar-refractivity contribution in [3.8, 4) is 0 Å². The van der Waals surface area contributed by atoms with Crippen LogP contribution < -0.4 is 0 Å². The first-order valence-electron chi connectivity index (χ1n) is 3.11. The van der Waals surface area contributed by atoms with E-state index in [1.807, 2.05) is 6.92 Å². The smallest absolute Gasteiger partial charge is 0.330 e. The lowest BCUT2D eigenvalue weighted by Gasteiger charge is -1.95. The van der Waals surface area contributed by atoms with Crippen molar-refractivity contribution in [1.29, 1.82) is 0 Å². The summed E-state index contributed by atoms with van der Waals surface area (Å²) in [4.78, 5) is 10.8. The van der Waals surface area contributed by atoms with Crippen molar-refractivity contribution in [3.05, 3.63) is 12.2 Å². The second-order valence-electron chi connectivity index (χ2n) is 1.81. The molecule has 0 N–H and O–H groups in total. The Labute approximate surface area is 69.4 Å². The summed E-state index contributed by atoms with van der Waals surface area (Å²) in [6, 6.07) is 0. The van der Waals surface area contributed by atoms with Crippen molar-refractivity contribution >= 4 is 21.9 Å². The van der Waals surface area contributed by atoms with E-state index in [4.69, 9.17) is 0 Å². The number of rotatable bonds is 3. The lowest BCUT2D eigenvalue weighted by atomic mass is 10.3. The molecule has 0 spiro atoms. The van der Waals surface area contributed by atoms with Crippen molar-refractivity contribution in [2.45, 2.75) is 18.2 Å².